The first-order chi connectivity index (χ1) is 11.1. The summed E-state index contributed by atoms with van der Waals surface area (Å²) in [7, 11) is 6.21. The van der Waals surface area contributed by atoms with E-state index in [1.54, 1.807) is 7.11 Å². The van der Waals surface area contributed by atoms with Gasteiger partial charge in [0.1, 0.15) is 11.3 Å². The molecule has 0 aromatic heterocycles. The second-order valence-electron chi connectivity index (χ2n) is 6.73. The quantitative estimate of drug-likeness (QED) is 0.689. The van der Waals surface area contributed by atoms with Crippen molar-refractivity contribution in [2.75, 3.05) is 27.7 Å². The van der Waals surface area contributed by atoms with Crippen LogP contribution in [0.4, 0.5) is 0 Å². The number of rotatable bonds is 6. The van der Waals surface area contributed by atoms with Crippen molar-refractivity contribution in [3.8, 4) is 5.75 Å². The Balaban J connectivity index is 1.79. The summed E-state index contributed by atoms with van der Waals surface area (Å²) in [5.74, 6) is 0.877. The van der Waals surface area contributed by atoms with Gasteiger partial charge in [0.05, 0.1) is 27.7 Å². The van der Waals surface area contributed by atoms with Crippen LogP contribution in [-0.4, -0.2) is 38.4 Å². The van der Waals surface area contributed by atoms with Crippen molar-refractivity contribution in [1.29, 1.82) is 0 Å². The summed E-state index contributed by atoms with van der Waals surface area (Å²) in [5, 5.41) is 7.49. The summed E-state index contributed by atoms with van der Waals surface area (Å²) >= 11 is 5.45. The van der Waals surface area contributed by atoms with E-state index in [1.807, 2.05) is 12.1 Å². The second kappa shape index (κ2) is 8.50. The van der Waals surface area contributed by atoms with Crippen LogP contribution in [0.3, 0.4) is 0 Å². The van der Waals surface area contributed by atoms with E-state index in [1.165, 1.54) is 42.6 Å². The van der Waals surface area contributed by atoms with Crippen LogP contribution in [0, 0.1) is 0 Å². The third-order valence-corrected chi connectivity index (χ3v) is 5.36. The molecule has 4 nitrogen and oxygen atoms in total. The molecule has 0 unspecified atom stereocenters. The number of thiocarbonyl (C=S) groups is 1. The van der Waals surface area contributed by atoms with Crippen LogP contribution in [0.1, 0.15) is 37.7 Å². The van der Waals surface area contributed by atoms with Crippen molar-refractivity contribution in [3.05, 3.63) is 29.8 Å². The third kappa shape index (κ3) is 5.08. The van der Waals surface area contributed by atoms with Crippen molar-refractivity contribution in [3.63, 3.8) is 0 Å². The van der Waals surface area contributed by atoms with E-state index in [-0.39, 0.29) is 0 Å². The van der Waals surface area contributed by atoms with Crippen LogP contribution >= 0.6 is 12.2 Å². The average molecular weight is 337 g/mol. The summed E-state index contributed by atoms with van der Waals surface area (Å²) in [6.07, 6.45) is 6.60. The largest absolute Gasteiger partial charge is 0.497 e. The minimum atomic E-state index is 0.324. The Labute approximate surface area is 145 Å². The van der Waals surface area contributed by atoms with Gasteiger partial charge in [-0.15, -0.1) is 0 Å². The van der Waals surface area contributed by atoms with E-state index in [0.29, 0.717) is 5.54 Å². The molecule has 0 saturated heterocycles. The number of nitrogens with one attached hydrogen (secondary N) is 3. The van der Waals surface area contributed by atoms with Gasteiger partial charge in [-0.25, -0.2) is 0 Å². The number of methoxy groups -OCH3 is 1. The van der Waals surface area contributed by atoms with Crippen molar-refractivity contribution >= 4 is 17.3 Å². The Hall–Kier alpha value is -1.33. The van der Waals surface area contributed by atoms with Crippen molar-refractivity contribution < 1.29 is 9.64 Å². The predicted octanol–water partition coefficient (Wildman–Crippen LogP) is 1.51. The van der Waals surface area contributed by atoms with Gasteiger partial charge >= 0.3 is 0 Å². The molecule has 1 aromatic rings. The van der Waals surface area contributed by atoms with Crippen LogP contribution in [-0.2, 0) is 6.54 Å². The maximum atomic E-state index is 5.45. The number of likely N-dealkylation sites (N-methyl/N-ethyl adjacent to an activating group) is 1. The van der Waals surface area contributed by atoms with E-state index in [0.717, 1.165) is 24.0 Å². The Kier molecular flexibility index (Phi) is 6.66. The highest BCUT2D eigenvalue weighted by molar-refractivity contribution is 7.80. The van der Waals surface area contributed by atoms with Crippen LogP contribution in [0.25, 0.3) is 0 Å². The monoisotopic (exact) mass is 336 g/mol. The predicted molar refractivity (Wildman–Crippen MR) is 99.1 cm³/mol. The maximum Gasteiger partial charge on any atom is 0.166 e. The average Bonchev–Trinajstić information content (AvgIpc) is 2.59. The summed E-state index contributed by atoms with van der Waals surface area (Å²) in [6, 6.07) is 8.06. The van der Waals surface area contributed by atoms with Gasteiger partial charge in [-0.3, -0.25) is 0 Å². The summed E-state index contributed by atoms with van der Waals surface area (Å²) in [5.41, 5.74) is 1.52. The Morgan fingerprint density at radius 3 is 2.35 bits per heavy atom. The zero-order chi connectivity index (χ0) is 16.7. The van der Waals surface area contributed by atoms with Crippen molar-refractivity contribution in [1.82, 2.24) is 10.6 Å². The molecule has 0 radical (unpaired) electrons. The smallest absolute Gasteiger partial charge is 0.166 e. The lowest BCUT2D eigenvalue weighted by Crippen LogP contribution is -3.16. The molecule has 0 aliphatic heterocycles. The maximum absolute atomic E-state index is 5.45. The first-order valence-corrected chi connectivity index (χ1v) is 8.92. The summed E-state index contributed by atoms with van der Waals surface area (Å²) in [4.78, 5) is 1.53. The molecule has 128 valence electrons. The molecule has 1 aliphatic rings. The Morgan fingerprint density at radius 1 is 1.13 bits per heavy atom. The lowest BCUT2D eigenvalue weighted by molar-refractivity contribution is -0.916. The molecular formula is C18H30N3OS+. The molecule has 0 bridgehead atoms. The van der Waals surface area contributed by atoms with Gasteiger partial charge in [0.25, 0.3) is 0 Å². The van der Waals surface area contributed by atoms with Crippen molar-refractivity contribution in [2.24, 2.45) is 0 Å². The van der Waals surface area contributed by atoms with Gasteiger partial charge in [0.15, 0.2) is 5.11 Å². The van der Waals surface area contributed by atoms with Gasteiger partial charge in [0.2, 0.25) is 0 Å². The lowest BCUT2D eigenvalue weighted by atomic mass is 9.80. The van der Waals surface area contributed by atoms with Crippen LogP contribution in [0.2, 0.25) is 0 Å². The van der Waals surface area contributed by atoms with E-state index in [2.05, 4.69) is 36.9 Å². The minimum absolute atomic E-state index is 0.324. The van der Waals surface area contributed by atoms with E-state index < -0.39 is 0 Å². The minimum Gasteiger partial charge on any atom is -0.497 e. The molecule has 0 atom stereocenters. The van der Waals surface area contributed by atoms with Gasteiger partial charge in [-0.2, -0.15) is 0 Å². The molecule has 0 amide bonds. The molecule has 1 fully saturated rings. The van der Waals surface area contributed by atoms with Gasteiger partial charge < -0.3 is 20.3 Å². The van der Waals surface area contributed by atoms with E-state index >= 15 is 0 Å². The molecule has 23 heavy (non-hydrogen) atoms. The zero-order valence-electron chi connectivity index (χ0n) is 14.6. The highest BCUT2D eigenvalue weighted by atomic mass is 32.1. The number of ether oxygens (including phenoxy) is 1. The first-order valence-electron chi connectivity index (χ1n) is 8.51. The lowest BCUT2D eigenvalue weighted by Gasteiger charge is -2.40. The van der Waals surface area contributed by atoms with E-state index in [4.69, 9.17) is 17.0 Å². The second-order valence-corrected chi connectivity index (χ2v) is 7.13. The number of hydrogen-bond donors (Lipinski definition) is 3. The number of quaternary nitrogens is 1. The number of benzene rings is 1. The standard InChI is InChI=1S/C18H29N3OS/c1-21(2)18(11-5-4-6-12-18)14-20-17(23)19-13-15-7-9-16(22-3)10-8-15/h7-10H,4-6,11-14H2,1-3H3,(H2,19,20,23)/p+1. The summed E-state index contributed by atoms with van der Waals surface area (Å²) in [6.45, 7) is 1.68. The van der Waals surface area contributed by atoms with Gasteiger partial charge in [0, 0.05) is 19.4 Å². The van der Waals surface area contributed by atoms with Crippen molar-refractivity contribution in [2.45, 2.75) is 44.2 Å². The molecule has 5 heteroatoms. The van der Waals surface area contributed by atoms with E-state index in [9.17, 15) is 0 Å². The molecule has 3 N–H and O–H groups in total. The normalized spacial score (nSPS) is 16.9. The highest BCUT2D eigenvalue weighted by Gasteiger charge is 2.37. The first kappa shape index (κ1) is 18.0. The fourth-order valence-corrected chi connectivity index (χ4v) is 3.46. The molecule has 0 spiro atoms. The Bertz CT molecular complexity index is 495. The Morgan fingerprint density at radius 2 is 1.78 bits per heavy atom. The molecule has 1 aromatic carbocycles. The molecule has 1 aliphatic carbocycles. The third-order valence-electron chi connectivity index (χ3n) is 5.07. The topological polar surface area (TPSA) is 37.7 Å². The SMILES string of the molecule is COc1ccc(CNC(=S)NCC2([NH+](C)C)CCCCC2)cc1. The zero-order valence-corrected chi connectivity index (χ0v) is 15.4. The number of hydrogen-bond acceptors (Lipinski definition) is 2. The molecule has 2 rings (SSSR count). The fourth-order valence-electron chi connectivity index (χ4n) is 3.32. The van der Waals surface area contributed by atoms with Crippen LogP contribution in [0.15, 0.2) is 24.3 Å². The summed E-state index contributed by atoms with van der Waals surface area (Å²) < 4.78 is 5.17. The fraction of sp³-hybridized carbons (Fsp3) is 0.611. The van der Waals surface area contributed by atoms with Crippen LogP contribution in [0.5, 0.6) is 5.75 Å². The molecule has 0 heterocycles. The molecule has 1 saturated carbocycles. The van der Waals surface area contributed by atoms with Crippen LogP contribution < -0.4 is 20.3 Å². The van der Waals surface area contributed by atoms with Gasteiger partial charge in [-0.1, -0.05) is 18.6 Å². The highest BCUT2D eigenvalue weighted by Crippen LogP contribution is 2.24. The van der Waals surface area contributed by atoms with Gasteiger partial charge in [-0.05, 0) is 42.8 Å². The molecular weight excluding hydrogens is 306 g/mol.